The molecule has 1 atom stereocenters. The predicted molar refractivity (Wildman–Crippen MR) is 92.2 cm³/mol. The van der Waals surface area contributed by atoms with Gasteiger partial charge in [0, 0.05) is 25.0 Å². The molecule has 1 aromatic carbocycles. The summed E-state index contributed by atoms with van der Waals surface area (Å²) in [7, 11) is 1.81. The van der Waals surface area contributed by atoms with Crippen LogP contribution in [-0.4, -0.2) is 26.1 Å². The minimum atomic E-state index is 0.460. The first-order valence-corrected chi connectivity index (χ1v) is 8.19. The lowest BCUT2D eigenvalue weighted by atomic mass is 10.0. The number of benzene rings is 1. The van der Waals surface area contributed by atoms with Crippen molar-refractivity contribution < 1.29 is 0 Å². The quantitative estimate of drug-likeness (QED) is 0.635. The van der Waals surface area contributed by atoms with Gasteiger partial charge in [-0.1, -0.05) is 43.3 Å². The highest BCUT2D eigenvalue weighted by atomic mass is 32.1. The van der Waals surface area contributed by atoms with Crippen molar-refractivity contribution in [3.05, 3.63) is 58.3 Å². The molecule has 21 heavy (non-hydrogen) atoms. The Balaban J connectivity index is 1.72. The molecule has 0 bridgehead atoms. The number of thiophene rings is 1. The Morgan fingerprint density at radius 3 is 2.62 bits per heavy atom. The highest BCUT2D eigenvalue weighted by Crippen LogP contribution is 2.12. The van der Waals surface area contributed by atoms with Gasteiger partial charge < -0.3 is 10.6 Å². The van der Waals surface area contributed by atoms with E-state index in [1.54, 1.807) is 11.3 Å². The number of guanidine groups is 1. The van der Waals surface area contributed by atoms with Gasteiger partial charge in [-0.05, 0) is 29.3 Å². The van der Waals surface area contributed by atoms with Gasteiger partial charge in [0.2, 0.25) is 0 Å². The molecule has 2 rings (SSSR count). The Morgan fingerprint density at radius 2 is 1.95 bits per heavy atom. The minimum Gasteiger partial charge on any atom is -0.356 e. The third-order valence-electron chi connectivity index (χ3n) is 3.41. The Labute approximate surface area is 131 Å². The van der Waals surface area contributed by atoms with Crippen LogP contribution < -0.4 is 10.6 Å². The van der Waals surface area contributed by atoms with Crippen LogP contribution in [0.1, 0.15) is 23.3 Å². The maximum atomic E-state index is 4.27. The van der Waals surface area contributed by atoms with E-state index in [0.29, 0.717) is 5.92 Å². The SMILES string of the molecule is CN=C(NCCc1cccs1)NCC(C)c1ccccc1. The summed E-state index contributed by atoms with van der Waals surface area (Å²) < 4.78 is 0. The van der Waals surface area contributed by atoms with Gasteiger partial charge in [0.05, 0.1) is 0 Å². The second-order valence-corrected chi connectivity index (χ2v) is 6.05. The zero-order valence-electron chi connectivity index (χ0n) is 12.7. The van der Waals surface area contributed by atoms with E-state index < -0.39 is 0 Å². The fourth-order valence-corrected chi connectivity index (χ4v) is 2.84. The number of aliphatic imine (C=N–C) groups is 1. The average molecular weight is 301 g/mol. The van der Waals surface area contributed by atoms with Crippen molar-refractivity contribution in [1.82, 2.24) is 10.6 Å². The highest BCUT2D eigenvalue weighted by molar-refractivity contribution is 7.09. The number of hydrogen-bond acceptors (Lipinski definition) is 2. The van der Waals surface area contributed by atoms with E-state index in [1.165, 1.54) is 10.4 Å². The molecule has 0 aliphatic rings. The van der Waals surface area contributed by atoms with Crippen LogP contribution in [0.5, 0.6) is 0 Å². The van der Waals surface area contributed by atoms with Crippen LogP contribution in [0.2, 0.25) is 0 Å². The summed E-state index contributed by atoms with van der Waals surface area (Å²) in [6.45, 7) is 4.00. The molecule has 0 fully saturated rings. The zero-order chi connectivity index (χ0) is 14.9. The van der Waals surface area contributed by atoms with Gasteiger partial charge in [0.1, 0.15) is 0 Å². The van der Waals surface area contributed by atoms with Crippen molar-refractivity contribution in [2.24, 2.45) is 4.99 Å². The van der Waals surface area contributed by atoms with Crippen LogP contribution in [0.4, 0.5) is 0 Å². The first-order chi connectivity index (χ1) is 10.3. The van der Waals surface area contributed by atoms with Gasteiger partial charge >= 0.3 is 0 Å². The van der Waals surface area contributed by atoms with Crippen LogP contribution >= 0.6 is 11.3 Å². The topological polar surface area (TPSA) is 36.4 Å². The second-order valence-electron chi connectivity index (χ2n) is 5.02. The Bertz CT molecular complexity index is 534. The molecule has 0 spiro atoms. The summed E-state index contributed by atoms with van der Waals surface area (Å²) in [5, 5.41) is 8.87. The van der Waals surface area contributed by atoms with Crippen molar-refractivity contribution in [3.8, 4) is 0 Å². The minimum absolute atomic E-state index is 0.460. The molecule has 0 saturated carbocycles. The molecule has 2 N–H and O–H groups in total. The standard InChI is InChI=1S/C17H23N3S/c1-14(15-7-4-3-5-8-15)13-20-17(18-2)19-11-10-16-9-6-12-21-16/h3-9,12,14H,10-11,13H2,1-2H3,(H2,18,19,20). The third-order valence-corrected chi connectivity index (χ3v) is 4.35. The summed E-state index contributed by atoms with van der Waals surface area (Å²) in [5.74, 6) is 1.33. The average Bonchev–Trinajstić information content (AvgIpc) is 3.04. The highest BCUT2D eigenvalue weighted by Gasteiger charge is 2.05. The second kappa shape index (κ2) is 8.47. The largest absolute Gasteiger partial charge is 0.356 e. The molecule has 1 aromatic heterocycles. The Kier molecular flexibility index (Phi) is 6.28. The lowest BCUT2D eigenvalue weighted by Gasteiger charge is -2.16. The zero-order valence-corrected chi connectivity index (χ0v) is 13.5. The van der Waals surface area contributed by atoms with E-state index in [-0.39, 0.29) is 0 Å². The van der Waals surface area contributed by atoms with Crippen molar-refractivity contribution in [2.75, 3.05) is 20.1 Å². The maximum Gasteiger partial charge on any atom is 0.191 e. The Morgan fingerprint density at radius 1 is 1.14 bits per heavy atom. The molecule has 4 heteroatoms. The molecular formula is C17H23N3S. The van der Waals surface area contributed by atoms with Crippen LogP contribution in [-0.2, 0) is 6.42 Å². The van der Waals surface area contributed by atoms with Crippen molar-refractivity contribution >= 4 is 17.3 Å². The van der Waals surface area contributed by atoms with Crippen LogP contribution in [0, 0.1) is 0 Å². The summed E-state index contributed by atoms with van der Waals surface area (Å²) in [6.07, 6.45) is 1.03. The van der Waals surface area contributed by atoms with E-state index in [0.717, 1.165) is 25.5 Å². The summed E-state index contributed by atoms with van der Waals surface area (Å²) in [6, 6.07) is 14.8. The summed E-state index contributed by atoms with van der Waals surface area (Å²) >= 11 is 1.80. The fourth-order valence-electron chi connectivity index (χ4n) is 2.13. The third kappa shape index (κ3) is 5.23. The van der Waals surface area contributed by atoms with Gasteiger partial charge in [0.25, 0.3) is 0 Å². The van der Waals surface area contributed by atoms with E-state index >= 15 is 0 Å². The molecular weight excluding hydrogens is 278 g/mol. The van der Waals surface area contributed by atoms with E-state index in [4.69, 9.17) is 0 Å². The fraction of sp³-hybridized carbons (Fsp3) is 0.353. The first kappa shape index (κ1) is 15.6. The smallest absolute Gasteiger partial charge is 0.191 e. The van der Waals surface area contributed by atoms with Crippen molar-refractivity contribution in [1.29, 1.82) is 0 Å². The van der Waals surface area contributed by atoms with Crippen LogP contribution in [0.25, 0.3) is 0 Å². The predicted octanol–water partition coefficient (Wildman–Crippen LogP) is 3.26. The molecule has 0 aliphatic heterocycles. The van der Waals surface area contributed by atoms with Gasteiger partial charge in [-0.15, -0.1) is 11.3 Å². The molecule has 112 valence electrons. The molecule has 1 unspecified atom stereocenters. The van der Waals surface area contributed by atoms with Crippen LogP contribution in [0.3, 0.4) is 0 Å². The Hall–Kier alpha value is -1.81. The molecule has 2 aromatic rings. The number of hydrogen-bond donors (Lipinski definition) is 2. The molecule has 1 heterocycles. The maximum absolute atomic E-state index is 4.27. The number of nitrogens with zero attached hydrogens (tertiary/aromatic N) is 1. The van der Waals surface area contributed by atoms with E-state index in [1.807, 2.05) is 7.05 Å². The molecule has 0 aliphatic carbocycles. The van der Waals surface area contributed by atoms with Gasteiger partial charge in [-0.25, -0.2) is 0 Å². The first-order valence-electron chi connectivity index (χ1n) is 7.31. The monoisotopic (exact) mass is 301 g/mol. The molecule has 0 amide bonds. The molecule has 0 radical (unpaired) electrons. The molecule has 3 nitrogen and oxygen atoms in total. The van der Waals surface area contributed by atoms with Crippen molar-refractivity contribution in [2.45, 2.75) is 19.3 Å². The summed E-state index contributed by atoms with van der Waals surface area (Å²) in [4.78, 5) is 5.67. The lowest BCUT2D eigenvalue weighted by molar-refractivity contribution is 0.698. The van der Waals surface area contributed by atoms with E-state index in [2.05, 4.69) is 70.4 Å². The molecule has 0 saturated heterocycles. The lowest BCUT2D eigenvalue weighted by Crippen LogP contribution is -2.39. The normalized spacial score (nSPS) is 13.0. The number of rotatable bonds is 6. The summed E-state index contributed by atoms with van der Waals surface area (Å²) in [5.41, 5.74) is 1.35. The van der Waals surface area contributed by atoms with Gasteiger partial charge in [0.15, 0.2) is 5.96 Å². The van der Waals surface area contributed by atoms with E-state index in [9.17, 15) is 0 Å². The number of nitrogens with one attached hydrogen (secondary N) is 2. The van der Waals surface area contributed by atoms with Crippen LogP contribution in [0.15, 0.2) is 52.8 Å². The van der Waals surface area contributed by atoms with Gasteiger partial charge in [-0.2, -0.15) is 0 Å². The van der Waals surface area contributed by atoms with Gasteiger partial charge in [-0.3, -0.25) is 4.99 Å². The van der Waals surface area contributed by atoms with Crippen molar-refractivity contribution in [3.63, 3.8) is 0 Å².